The van der Waals surface area contributed by atoms with E-state index in [0.29, 0.717) is 26.3 Å². The maximum Gasteiger partial charge on any atom is 0.246 e. The van der Waals surface area contributed by atoms with E-state index in [-0.39, 0.29) is 5.91 Å². The number of ether oxygens (including phenoxy) is 1. The lowest BCUT2D eigenvalue weighted by atomic mass is 9.86. The summed E-state index contributed by atoms with van der Waals surface area (Å²) < 4.78 is 5.27. The Bertz CT molecular complexity index is 595. The normalized spacial score (nSPS) is 19.0. The molecule has 1 aromatic carbocycles. The second-order valence-corrected chi connectivity index (χ2v) is 5.58. The van der Waals surface area contributed by atoms with Crippen LogP contribution in [0.2, 0.25) is 0 Å². The number of nitrogens with zero attached hydrogens (tertiary/aromatic N) is 1. The van der Waals surface area contributed by atoms with Crippen LogP contribution < -0.4 is 0 Å². The molecule has 0 N–H and O–H groups in total. The summed E-state index contributed by atoms with van der Waals surface area (Å²) in [6.07, 6.45) is 5.79. The highest BCUT2D eigenvalue weighted by Gasteiger charge is 2.16. The Kier molecular flexibility index (Phi) is 4.20. The van der Waals surface area contributed by atoms with Crippen LogP contribution in [0.1, 0.15) is 24.5 Å². The van der Waals surface area contributed by atoms with Crippen LogP contribution in [0.3, 0.4) is 0 Å². The fourth-order valence-corrected chi connectivity index (χ4v) is 3.00. The van der Waals surface area contributed by atoms with E-state index >= 15 is 0 Å². The summed E-state index contributed by atoms with van der Waals surface area (Å²) in [5, 5.41) is 0. The minimum Gasteiger partial charge on any atom is -0.378 e. The summed E-state index contributed by atoms with van der Waals surface area (Å²) in [5.41, 5.74) is 5.30. The average molecular weight is 283 g/mol. The van der Waals surface area contributed by atoms with Crippen molar-refractivity contribution in [3.05, 3.63) is 53.1 Å². The van der Waals surface area contributed by atoms with Crippen LogP contribution in [0.15, 0.2) is 42.0 Å². The lowest BCUT2D eigenvalue weighted by Crippen LogP contribution is -2.39. The van der Waals surface area contributed by atoms with Gasteiger partial charge >= 0.3 is 0 Å². The van der Waals surface area contributed by atoms with Gasteiger partial charge in [0.15, 0.2) is 0 Å². The minimum absolute atomic E-state index is 0.0949. The molecule has 1 aliphatic carbocycles. The van der Waals surface area contributed by atoms with Gasteiger partial charge in [-0.05, 0) is 42.0 Å². The number of carbonyl (C=O) groups is 1. The van der Waals surface area contributed by atoms with Crippen LogP contribution in [-0.2, 0) is 16.0 Å². The molecule has 3 nitrogen and oxygen atoms in total. The number of rotatable bonds is 2. The zero-order chi connectivity index (χ0) is 14.7. The van der Waals surface area contributed by atoms with Crippen LogP contribution >= 0.6 is 0 Å². The van der Waals surface area contributed by atoms with Crippen molar-refractivity contribution in [3.8, 4) is 0 Å². The Morgan fingerprint density at radius 2 is 1.95 bits per heavy atom. The fourth-order valence-electron chi connectivity index (χ4n) is 3.00. The molecule has 3 heteroatoms. The predicted molar refractivity (Wildman–Crippen MR) is 83.9 cm³/mol. The van der Waals surface area contributed by atoms with Gasteiger partial charge in [-0.25, -0.2) is 0 Å². The third-order valence-corrected chi connectivity index (χ3v) is 4.32. The molecule has 2 aliphatic rings. The SMILES string of the molecule is CC1=C(/C=C/C(=O)N2CCOCC2)CCc2ccccc21. The van der Waals surface area contributed by atoms with Gasteiger partial charge in [-0.15, -0.1) is 0 Å². The molecular weight excluding hydrogens is 262 g/mol. The first-order valence-corrected chi connectivity index (χ1v) is 7.58. The van der Waals surface area contributed by atoms with E-state index in [0.717, 1.165) is 12.8 Å². The Hall–Kier alpha value is -1.87. The lowest BCUT2D eigenvalue weighted by molar-refractivity contribution is -0.129. The third-order valence-electron chi connectivity index (χ3n) is 4.32. The van der Waals surface area contributed by atoms with Crippen molar-refractivity contribution in [3.63, 3.8) is 0 Å². The van der Waals surface area contributed by atoms with Crippen LogP contribution in [0, 0.1) is 0 Å². The fraction of sp³-hybridized carbons (Fsp3) is 0.389. The van der Waals surface area contributed by atoms with E-state index in [1.165, 1.54) is 22.3 Å². The Labute approximate surface area is 125 Å². The van der Waals surface area contributed by atoms with Crippen molar-refractivity contribution in [1.82, 2.24) is 4.90 Å². The van der Waals surface area contributed by atoms with Gasteiger partial charge in [0, 0.05) is 19.2 Å². The van der Waals surface area contributed by atoms with Crippen LogP contribution in [-0.4, -0.2) is 37.1 Å². The molecular formula is C18H21NO2. The molecule has 0 radical (unpaired) electrons. The number of hydrogen-bond acceptors (Lipinski definition) is 2. The van der Waals surface area contributed by atoms with E-state index < -0.39 is 0 Å². The van der Waals surface area contributed by atoms with Crippen LogP contribution in [0.25, 0.3) is 5.57 Å². The maximum absolute atomic E-state index is 12.2. The highest BCUT2D eigenvalue weighted by atomic mass is 16.5. The highest BCUT2D eigenvalue weighted by molar-refractivity contribution is 5.89. The number of hydrogen-bond donors (Lipinski definition) is 0. The highest BCUT2D eigenvalue weighted by Crippen LogP contribution is 2.31. The molecule has 1 aromatic rings. The smallest absolute Gasteiger partial charge is 0.246 e. The summed E-state index contributed by atoms with van der Waals surface area (Å²) in [6, 6.07) is 8.53. The van der Waals surface area contributed by atoms with Crippen molar-refractivity contribution in [1.29, 1.82) is 0 Å². The van der Waals surface area contributed by atoms with Crippen molar-refractivity contribution < 1.29 is 9.53 Å². The number of benzene rings is 1. The minimum atomic E-state index is 0.0949. The molecule has 3 rings (SSSR count). The first-order valence-electron chi connectivity index (χ1n) is 7.58. The van der Waals surface area contributed by atoms with E-state index in [4.69, 9.17) is 4.74 Å². The third kappa shape index (κ3) is 3.08. The van der Waals surface area contributed by atoms with Crippen LogP contribution in [0.5, 0.6) is 0 Å². The van der Waals surface area contributed by atoms with Gasteiger partial charge in [-0.1, -0.05) is 30.3 Å². The summed E-state index contributed by atoms with van der Waals surface area (Å²) in [6.45, 7) is 4.84. The molecule has 0 bridgehead atoms. The monoisotopic (exact) mass is 283 g/mol. The second kappa shape index (κ2) is 6.27. The first-order chi connectivity index (χ1) is 10.3. The number of aryl methyl sites for hydroxylation is 1. The molecule has 110 valence electrons. The van der Waals surface area contributed by atoms with E-state index in [9.17, 15) is 4.79 Å². The number of amides is 1. The molecule has 1 aliphatic heterocycles. The Morgan fingerprint density at radius 1 is 1.19 bits per heavy atom. The quantitative estimate of drug-likeness (QED) is 0.781. The number of allylic oxidation sites excluding steroid dienone is 3. The largest absolute Gasteiger partial charge is 0.378 e. The Balaban J connectivity index is 1.75. The average Bonchev–Trinajstić information content (AvgIpc) is 2.55. The summed E-state index contributed by atoms with van der Waals surface area (Å²) in [5.74, 6) is 0.0949. The topological polar surface area (TPSA) is 29.5 Å². The van der Waals surface area contributed by atoms with Gasteiger partial charge in [0.25, 0.3) is 0 Å². The van der Waals surface area contributed by atoms with Gasteiger partial charge in [0.1, 0.15) is 0 Å². The zero-order valence-electron chi connectivity index (χ0n) is 12.5. The molecule has 1 saturated heterocycles. The van der Waals surface area contributed by atoms with E-state index in [2.05, 4.69) is 31.2 Å². The van der Waals surface area contributed by atoms with Crippen molar-refractivity contribution in [2.45, 2.75) is 19.8 Å². The lowest BCUT2D eigenvalue weighted by Gasteiger charge is -2.25. The molecule has 21 heavy (non-hydrogen) atoms. The maximum atomic E-state index is 12.2. The Morgan fingerprint density at radius 3 is 2.76 bits per heavy atom. The van der Waals surface area contributed by atoms with Gasteiger partial charge in [-0.3, -0.25) is 4.79 Å². The van der Waals surface area contributed by atoms with Gasteiger partial charge in [0.05, 0.1) is 13.2 Å². The molecule has 0 aromatic heterocycles. The first kappa shape index (κ1) is 14.1. The molecule has 0 atom stereocenters. The van der Waals surface area contributed by atoms with Gasteiger partial charge < -0.3 is 9.64 Å². The summed E-state index contributed by atoms with van der Waals surface area (Å²) in [4.78, 5) is 14.0. The molecule has 0 spiro atoms. The van der Waals surface area contributed by atoms with Gasteiger partial charge in [-0.2, -0.15) is 0 Å². The molecule has 0 saturated carbocycles. The van der Waals surface area contributed by atoms with Gasteiger partial charge in [0.2, 0.25) is 5.91 Å². The molecule has 1 heterocycles. The summed E-state index contributed by atoms with van der Waals surface area (Å²) in [7, 11) is 0. The van der Waals surface area contributed by atoms with Crippen LogP contribution in [0.4, 0.5) is 0 Å². The summed E-state index contributed by atoms with van der Waals surface area (Å²) >= 11 is 0. The van der Waals surface area contributed by atoms with E-state index in [1.807, 2.05) is 11.0 Å². The number of fused-ring (bicyclic) bond motifs is 1. The standard InChI is InChI=1S/C18H21NO2/c1-14-15(6-7-16-4-2-3-5-17(14)16)8-9-18(20)19-10-12-21-13-11-19/h2-5,8-9H,6-7,10-13H2,1H3/b9-8+. The van der Waals surface area contributed by atoms with Crippen molar-refractivity contribution in [2.24, 2.45) is 0 Å². The van der Waals surface area contributed by atoms with Crippen molar-refractivity contribution in [2.75, 3.05) is 26.3 Å². The second-order valence-electron chi connectivity index (χ2n) is 5.58. The van der Waals surface area contributed by atoms with Crippen molar-refractivity contribution >= 4 is 11.5 Å². The predicted octanol–water partition coefficient (Wildman–Crippen LogP) is 2.82. The number of carbonyl (C=O) groups excluding carboxylic acids is 1. The molecule has 0 unspecified atom stereocenters. The number of morpholine rings is 1. The zero-order valence-corrected chi connectivity index (χ0v) is 12.5. The van der Waals surface area contributed by atoms with E-state index in [1.54, 1.807) is 6.08 Å². The molecule has 1 fully saturated rings. The molecule has 1 amide bonds.